The lowest BCUT2D eigenvalue weighted by molar-refractivity contribution is 0.631. The molecule has 1 aliphatic rings. The van der Waals surface area contributed by atoms with Crippen LogP contribution < -0.4 is 11.1 Å². The highest BCUT2D eigenvalue weighted by atomic mass is 32.1. The Labute approximate surface area is 237 Å². The average molecular weight is 551 g/mol. The van der Waals surface area contributed by atoms with Crippen molar-refractivity contribution in [3.8, 4) is 34.4 Å². The van der Waals surface area contributed by atoms with Crippen molar-refractivity contribution in [1.29, 1.82) is 0 Å². The van der Waals surface area contributed by atoms with E-state index in [1.807, 2.05) is 12.1 Å². The summed E-state index contributed by atoms with van der Waals surface area (Å²) < 4.78 is 15.1. The number of terminal acetylenes is 1. The number of imidazole rings is 1. The molecular weight excluding hydrogens is 519 g/mol. The number of fused-ring (bicyclic) bond motifs is 1. The van der Waals surface area contributed by atoms with E-state index < -0.39 is 0 Å². The molecule has 8 heteroatoms. The lowest BCUT2D eigenvalue weighted by atomic mass is 10.00. The van der Waals surface area contributed by atoms with E-state index in [1.54, 1.807) is 36.0 Å². The van der Waals surface area contributed by atoms with Crippen molar-refractivity contribution in [3.05, 3.63) is 89.3 Å². The van der Waals surface area contributed by atoms with Gasteiger partial charge in [0.05, 0.1) is 17.4 Å². The number of nitrogens with one attached hydrogen (secondary N) is 2. The van der Waals surface area contributed by atoms with E-state index in [1.165, 1.54) is 23.8 Å². The summed E-state index contributed by atoms with van der Waals surface area (Å²) in [5.74, 6) is 0.807. The third kappa shape index (κ3) is 5.61. The van der Waals surface area contributed by atoms with Gasteiger partial charge in [-0.1, -0.05) is 19.4 Å². The minimum atomic E-state index is -0.388. The fraction of sp³-hybridized carbons (Fsp3) is 0.219. The van der Waals surface area contributed by atoms with Gasteiger partial charge >= 0.3 is 0 Å². The number of rotatable bonds is 7. The molecule has 4 aromatic heterocycles. The van der Waals surface area contributed by atoms with Crippen LogP contribution in [-0.4, -0.2) is 19.9 Å². The first-order chi connectivity index (χ1) is 19.4. The van der Waals surface area contributed by atoms with Crippen molar-refractivity contribution >= 4 is 33.9 Å². The summed E-state index contributed by atoms with van der Waals surface area (Å²) >= 11 is 1.73. The Morgan fingerprint density at radius 3 is 2.70 bits per heavy atom. The average Bonchev–Trinajstić information content (AvgIpc) is 3.72. The van der Waals surface area contributed by atoms with Crippen molar-refractivity contribution < 1.29 is 4.39 Å². The van der Waals surface area contributed by atoms with E-state index in [0.717, 1.165) is 51.6 Å². The van der Waals surface area contributed by atoms with Crippen molar-refractivity contribution in [2.45, 2.75) is 39.0 Å². The van der Waals surface area contributed by atoms with Crippen LogP contribution in [0.15, 0.2) is 67.3 Å². The molecule has 6 nitrogen and oxygen atoms in total. The predicted molar refractivity (Wildman–Crippen MR) is 163 cm³/mol. The van der Waals surface area contributed by atoms with E-state index in [-0.39, 0.29) is 5.82 Å². The number of aromatic nitrogens is 4. The van der Waals surface area contributed by atoms with Gasteiger partial charge < -0.3 is 16.0 Å². The molecule has 4 heterocycles. The van der Waals surface area contributed by atoms with Gasteiger partial charge in [-0.05, 0) is 67.6 Å². The Hall–Kier alpha value is -4.48. The zero-order valence-corrected chi connectivity index (χ0v) is 23.2. The van der Waals surface area contributed by atoms with Gasteiger partial charge in [0.15, 0.2) is 5.65 Å². The number of nitrogens with zero attached hydrogens (tertiary/aromatic N) is 3. The SMILES string of the molecule is C#C.C=C(Nc1cncc(-c2cc(Cc3nc4nccc(-c5ccc(C)s5)c4[nH]3)c(N)cc2F)c1)C1CCCC1. The second-order valence-corrected chi connectivity index (χ2v) is 11.2. The Kier molecular flexibility index (Phi) is 7.94. The number of hydrogen-bond donors (Lipinski definition) is 3. The highest BCUT2D eigenvalue weighted by Gasteiger charge is 2.19. The molecule has 5 aromatic rings. The quantitative estimate of drug-likeness (QED) is 0.142. The third-order valence-electron chi connectivity index (χ3n) is 7.24. The normalized spacial score (nSPS) is 13.2. The van der Waals surface area contributed by atoms with Gasteiger partial charge in [0.2, 0.25) is 0 Å². The largest absolute Gasteiger partial charge is 0.398 e. The summed E-state index contributed by atoms with van der Waals surface area (Å²) in [6.45, 7) is 6.32. The third-order valence-corrected chi connectivity index (χ3v) is 8.27. The van der Waals surface area contributed by atoms with Crippen LogP contribution in [0.25, 0.3) is 32.7 Å². The first-order valence-corrected chi connectivity index (χ1v) is 14.0. The minimum absolute atomic E-state index is 0.380. The zero-order chi connectivity index (χ0) is 28.2. The monoisotopic (exact) mass is 550 g/mol. The van der Waals surface area contributed by atoms with E-state index in [2.05, 4.69) is 58.8 Å². The van der Waals surface area contributed by atoms with E-state index >= 15 is 4.39 Å². The van der Waals surface area contributed by atoms with Gasteiger partial charge in [-0.2, -0.15) is 0 Å². The molecular formula is C32H31FN6S. The summed E-state index contributed by atoms with van der Waals surface area (Å²) in [4.78, 5) is 19.3. The van der Waals surface area contributed by atoms with Crippen LogP contribution in [0.3, 0.4) is 0 Å². The van der Waals surface area contributed by atoms with Gasteiger partial charge in [-0.3, -0.25) is 4.98 Å². The molecule has 1 aromatic carbocycles. The van der Waals surface area contributed by atoms with Crippen molar-refractivity contribution in [2.24, 2.45) is 5.92 Å². The number of H-pyrrole nitrogens is 1. The lowest BCUT2D eigenvalue weighted by Crippen LogP contribution is -2.07. The molecule has 1 fully saturated rings. The molecule has 1 saturated carbocycles. The molecule has 0 radical (unpaired) electrons. The van der Waals surface area contributed by atoms with Gasteiger partial charge in [-0.25, -0.2) is 14.4 Å². The van der Waals surface area contributed by atoms with Crippen LogP contribution in [-0.2, 0) is 6.42 Å². The molecule has 0 aliphatic heterocycles. The summed E-state index contributed by atoms with van der Waals surface area (Å²) in [5, 5.41) is 3.39. The first kappa shape index (κ1) is 27.1. The highest BCUT2D eigenvalue weighted by Crippen LogP contribution is 2.34. The maximum Gasteiger partial charge on any atom is 0.178 e. The summed E-state index contributed by atoms with van der Waals surface area (Å²) in [6.07, 6.45) is 18.4. The second kappa shape index (κ2) is 11.7. The van der Waals surface area contributed by atoms with E-state index in [4.69, 9.17) is 10.7 Å². The van der Waals surface area contributed by atoms with Crippen molar-refractivity contribution in [1.82, 2.24) is 19.9 Å². The number of allylic oxidation sites excluding steroid dienone is 1. The van der Waals surface area contributed by atoms with Crippen LogP contribution in [0.5, 0.6) is 0 Å². The number of pyridine rings is 2. The van der Waals surface area contributed by atoms with Crippen LogP contribution in [0.4, 0.5) is 15.8 Å². The molecule has 0 saturated heterocycles. The Balaban J connectivity index is 0.00000158. The molecule has 0 spiro atoms. The van der Waals surface area contributed by atoms with Crippen LogP contribution in [0.2, 0.25) is 0 Å². The topological polar surface area (TPSA) is 92.5 Å². The number of aryl methyl sites for hydroxylation is 1. The number of nitrogens with two attached hydrogens (primary N) is 1. The Morgan fingerprint density at radius 1 is 1.15 bits per heavy atom. The molecule has 1 aliphatic carbocycles. The highest BCUT2D eigenvalue weighted by molar-refractivity contribution is 7.15. The van der Waals surface area contributed by atoms with Gasteiger partial charge in [0.25, 0.3) is 0 Å². The predicted octanol–water partition coefficient (Wildman–Crippen LogP) is 7.73. The lowest BCUT2D eigenvalue weighted by Gasteiger charge is -2.16. The number of hydrogen-bond acceptors (Lipinski definition) is 6. The first-order valence-electron chi connectivity index (χ1n) is 13.2. The molecule has 6 rings (SSSR count). The zero-order valence-electron chi connectivity index (χ0n) is 22.4. The summed E-state index contributed by atoms with van der Waals surface area (Å²) in [7, 11) is 0. The molecule has 40 heavy (non-hydrogen) atoms. The molecule has 0 bridgehead atoms. The fourth-order valence-corrected chi connectivity index (χ4v) is 6.13. The van der Waals surface area contributed by atoms with Crippen molar-refractivity contribution in [3.63, 3.8) is 0 Å². The number of benzene rings is 1. The summed E-state index contributed by atoms with van der Waals surface area (Å²) in [5.41, 5.74) is 12.9. The van der Waals surface area contributed by atoms with Gasteiger partial charge in [0.1, 0.15) is 11.6 Å². The van der Waals surface area contributed by atoms with Gasteiger partial charge in [-0.15, -0.1) is 24.2 Å². The maximum absolute atomic E-state index is 15.1. The van der Waals surface area contributed by atoms with Crippen LogP contribution >= 0.6 is 11.3 Å². The van der Waals surface area contributed by atoms with Crippen LogP contribution in [0, 0.1) is 31.5 Å². The molecule has 202 valence electrons. The molecule has 0 amide bonds. The molecule has 0 unspecified atom stereocenters. The standard InChI is InChI=1S/C30H29FN6S.C2H2/c1-17-7-8-27(38-17)23-9-10-34-30-29(23)36-28(37-30)13-20-12-24(25(31)14-26(20)32)21-11-22(16-33-15-21)35-18(2)19-5-3-4-6-19;1-2/h7-12,14-16,19,35H,2-6,13,32H2,1H3,(H,34,36,37);1-2H. The number of anilines is 2. The maximum atomic E-state index is 15.1. The Bertz CT molecular complexity index is 1690. The number of nitrogen functional groups attached to an aromatic ring is 1. The van der Waals surface area contributed by atoms with Crippen molar-refractivity contribution in [2.75, 3.05) is 11.1 Å². The van der Waals surface area contributed by atoms with Crippen LogP contribution in [0.1, 0.15) is 41.9 Å². The number of aromatic amines is 1. The number of halogens is 1. The molecule has 0 atom stereocenters. The smallest absolute Gasteiger partial charge is 0.178 e. The van der Waals surface area contributed by atoms with E-state index in [0.29, 0.717) is 34.8 Å². The molecule has 4 N–H and O–H groups in total. The number of thiophene rings is 1. The fourth-order valence-electron chi connectivity index (χ4n) is 5.23. The summed E-state index contributed by atoms with van der Waals surface area (Å²) in [6, 6.07) is 11.3. The van der Waals surface area contributed by atoms with E-state index in [9.17, 15) is 0 Å². The minimum Gasteiger partial charge on any atom is -0.398 e. The second-order valence-electron chi connectivity index (χ2n) is 9.95. The Morgan fingerprint density at radius 2 is 1.95 bits per heavy atom. The van der Waals surface area contributed by atoms with Gasteiger partial charge in [0, 0.05) is 56.6 Å².